The molecule has 0 aliphatic heterocycles. The quantitative estimate of drug-likeness (QED) is 0.733. The van der Waals surface area contributed by atoms with Gasteiger partial charge < -0.3 is 11.1 Å². The van der Waals surface area contributed by atoms with E-state index in [0.717, 1.165) is 19.3 Å². The van der Waals surface area contributed by atoms with Gasteiger partial charge in [-0.25, -0.2) is 4.39 Å². The molecule has 4 heteroatoms. The van der Waals surface area contributed by atoms with Crippen LogP contribution in [0.5, 0.6) is 0 Å². The van der Waals surface area contributed by atoms with Crippen molar-refractivity contribution < 1.29 is 9.18 Å². The summed E-state index contributed by atoms with van der Waals surface area (Å²) in [7, 11) is 0. The Labute approximate surface area is 108 Å². The van der Waals surface area contributed by atoms with Gasteiger partial charge >= 0.3 is 0 Å². The van der Waals surface area contributed by atoms with E-state index in [-0.39, 0.29) is 11.7 Å². The number of unbranched alkanes of at least 4 members (excludes halogenated alkanes) is 2. The fourth-order valence-corrected chi connectivity index (χ4v) is 1.83. The van der Waals surface area contributed by atoms with Crippen LogP contribution in [0.3, 0.4) is 0 Å². The molecule has 0 aliphatic rings. The van der Waals surface area contributed by atoms with E-state index in [9.17, 15) is 9.18 Å². The average molecular weight is 252 g/mol. The largest absolute Gasteiger partial charge is 0.371 e. The van der Waals surface area contributed by atoms with Crippen LogP contribution < -0.4 is 11.1 Å². The van der Waals surface area contributed by atoms with Gasteiger partial charge in [-0.2, -0.15) is 0 Å². The van der Waals surface area contributed by atoms with Crippen molar-refractivity contribution in [2.75, 3.05) is 5.32 Å². The van der Waals surface area contributed by atoms with E-state index in [4.69, 9.17) is 5.73 Å². The molecule has 1 atom stereocenters. The van der Waals surface area contributed by atoms with Crippen LogP contribution in [0.2, 0.25) is 0 Å². The molecular formula is C14H21FN2O. The number of halogens is 1. The maximum Gasteiger partial charge on any atom is 0.242 e. The Hall–Kier alpha value is -1.58. The lowest BCUT2D eigenvalue weighted by Crippen LogP contribution is -2.47. The van der Waals surface area contributed by atoms with Gasteiger partial charge in [0.2, 0.25) is 5.91 Å². The van der Waals surface area contributed by atoms with Crippen molar-refractivity contribution in [2.24, 2.45) is 5.73 Å². The lowest BCUT2D eigenvalue weighted by molar-refractivity contribution is -0.122. The van der Waals surface area contributed by atoms with Crippen molar-refractivity contribution in [1.29, 1.82) is 0 Å². The van der Waals surface area contributed by atoms with Gasteiger partial charge in [0.15, 0.2) is 0 Å². The third-order valence-electron chi connectivity index (χ3n) is 3.09. The summed E-state index contributed by atoms with van der Waals surface area (Å²) in [4.78, 5) is 11.6. The minimum atomic E-state index is -0.785. The number of carbonyl (C=O) groups excluding carboxylic acids is 1. The van der Waals surface area contributed by atoms with E-state index in [1.165, 1.54) is 12.1 Å². The van der Waals surface area contributed by atoms with Gasteiger partial charge in [0.1, 0.15) is 11.4 Å². The Morgan fingerprint density at radius 1 is 1.33 bits per heavy atom. The van der Waals surface area contributed by atoms with Crippen LogP contribution in [-0.2, 0) is 4.79 Å². The van der Waals surface area contributed by atoms with Gasteiger partial charge in [0.25, 0.3) is 0 Å². The first kappa shape index (κ1) is 14.5. The molecule has 0 radical (unpaired) electrons. The molecule has 0 aromatic heterocycles. The fourth-order valence-electron chi connectivity index (χ4n) is 1.83. The molecule has 0 spiro atoms. The molecule has 1 aromatic rings. The molecule has 1 aromatic carbocycles. The minimum absolute atomic E-state index is 0.299. The second-order valence-corrected chi connectivity index (χ2v) is 4.79. The van der Waals surface area contributed by atoms with Crippen molar-refractivity contribution in [3.63, 3.8) is 0 Å². The molecule has 18 heavy (non-hydrogen) atoms. The SMILES string of the molecule is CCCCCC(C)(Nc1ccc(F)cc1)C(N)=O. The van der Waals surface area contributed by atoms with E-state index in [2.05, 4.69) is 12.2 Å². The van der Waals surface area contributed by atoms with Crippen LogP contribution in [0, 0.1) is 5.82 Å². The number of hydrogen-bond acceptors (Lipinski definition) is 2. The normalized spacial score (nSPS) is 13.9. The number of rotatable bonds is 7. The number of hydrogen-bond donors (Lipinski definition) is 2. The van der Waals surface area contributed by atoms with Crippen LogP contribution in [0.15, 0.2) is 24.3 Å². The molecule has 1 rings (SSSR count). The summed E-state index contributed by atoms with van der Waals surface area (Å²) < 4.78 is 12.8. The molecule has 3 N–H and O–H groups in total. The van der Waals surface area contributed by atoms with Gasteiger partial charge in [-0.1, -0.05) is 26.2 Å². The third kappa shape index (κ3) is 4.02. The Bertz CT molecular complexity index is 391. The van der Waals surface area contributed by atoms with E-state index in [0.29, 0.717) is 12.1 Å². The van der Waals surface area contributed by atoms with E-state index in [1.807, 2.05) is 0 Å². The summed E-state index contributed by atoms with van der Waals surface area (Å²) >= 11 is 0. The number of nitrogens with two attached hydrogens (primary N) is 1. The van der Waals surface area contributed by atoms with Gasteiger partial charge in [-0.05, 0) is 37.6 Å². The maximum absolute atomic E-state index is 12.8. The minimum Gasteiger partial charge on any atom is -0.371 e. The van der Waals surface area contributed by atoms with Crippen LogP contribution in [-0.4, -0.2) is 11.4 Å². The first-order valence-electron chi connectivity index (χ1n) is 6.31. The van der Waals surface area contributed by atoms with Crippen molar-refractivity contribution in [1.82, 2.24) is 0 Å². The van der Waals surface area contributed by atoms with Gasteiger partial charge in [-0.15, -0.1) is 0 Å². The highest BCUT2D eigenvalue weighted by molar-refractivity contribution is 5.87. The van der Waals surface area contributed by atoms with Crippen LogP contribution >= 0.6 is 0 Å². The molecule has 1 unspecified atom stereocenters. The summed E-state index contributed by atoms with van der Waals surface area (Å²) in [5.74, 6) is -0.685. The summed E-state index contributed by atoms with van der Waals surface area (Å²) in [6.45, 7) is 3.89. The maximum atomic E-state index is 12.8. The molecule has 0 saturated carbocycles. The lowest BCUT2D eigenvalue weighted by atomic mass is 9.93. The Kier molecular flexibility index (Phi) is 5.13. The Morgan fingerprint density at radius 3 is 2.44 bits per heavy atom. The van der Waals surface area contributed by atoms with E-state index >= 15 is 0 Å². The second-order valence-electron chi connectivity index (χ2n) is 4.79. The van der Waals surface area contributed by atoms with Crippen LogP contribution in [0.1, 0.15) is 39.5 Å². The summed E-state index contributed by atoms with van der Waals surface area (Å²) in [5.41, 5.74) is 5.37. The number of benzene rings is 1. The predicted octanol–water partition coefficient (Wildman–Crippen LogP) is 3.06. The fraction of sp³-hybridized carbons (Fsp3) is 0.500. The Morgan fingerprint density at radius 2 is 1.94 bits per heavy atom. The van der Waals surface area contributed by atoms with Crippen molar-refractivity contribution in [3.05, 3.63) is 30.1 Å². The van der Waals surface area contributed by atoms with Crippen molar-refractivity contribution in [3.8, 4) is 0 Å². The molecule has 0 fully saturated rings. The monoisotopic (exact) mass is 252 g/mol. The number of nitrogens with one attached hydrogen (secondary N) is 1. The number of carbonyl (C=O) groups is 1. The molecule has 3 nitrogen and oxygen atoms in total. The zero-order valence-electron chi connectivity index (χ0n) is 11.0. The highest BCUT2D eigenvalue weighted by Gasteiger charge is 2.30. The van der Waals surface area contributed by atoms with Crippen LogP contribution in [0.25, 0.3) is 0 Å². The molecule has 1 amide bonds. The number of primary amides is 1. The van der Waals surface area contributed by atoms with E-state index < -0.39 is 5.54 Å². The zero-order valence-corrected chi connectivity index (χ0v) is 11.0. The zero-order chi connectivity index (χ0) is 13.6. The average Bonchev–Trinajstić information content (AvgIpc) is 2.32. The van der Waals surface area contributed by atoms with E-state index in [1.54, 1.807) is 19.1 Å². The second kappa shape index (κ2) is 6.38. The van der Waals surface area contributed by atoms with Gasteiger partial charge in [-0.3, -0.25) is 4.79 Å². The number of amides is 1. The first-order valence-corrected chi connectivity index (χ1v) is 6.31. The summed E-state index contributed by atoms with van der Waals surface area (Å²) in [6.07, 6.45) is 3.76. The third-order valence-corrected chi connectivity index (χ3v) is 3.09. The summed E-state index contributed by atoms with van der Waals surface area (Å²) in [6, 6.07) is 5.93. The smallest absolute Gasteiger partial charge is 0.242 e. The van der Waals surface area contributed by atoms with Gasteiger partial charge in [0.05, 0.1) is 0 Å². The van der Waals surface area contributed by atoms with Crippen molar-refractivity contribution in [2.45, 2.75) is 45.1 Å². The lowest BCUT2D eigenvalue weighted by Gasteiger charge is -2.28. The van der Waals surface area contributed by atoms with Crippen LogP contribution in [0.4, 0.5) is 10.1 Å². The Balaban J connectivity index is 2.72. The molecule has 0 bridgehead atoms. The molecule has 0 saturated heterocycles. The van der Waals surface area contributed by atoms with Crippen molar-refractivity contribution >= 4 is 11.6 Å². The molecule has 0 heterocycles. The summed E-state index contributed by atoms with van der Waals surface area (Å²) in [5, 5.41) is 3.10. The first-order chi connectivity index (χ1) is 8.48. The molecule has 100 valence electrons. The highest BCUT2D eigenvalue weighted by Crippen LogP contribution is 2.21. The highest BCUT2D eigenvalue weighted by atomic mass is 19.1. The topological polar surface area (TPSA) is 55.1 Å². The molecular weight excluding hydrogens is 231 g/mol. The van der Waals surface area contributed by atoms with Gasteiger partial charge in [0, 0.05) is 5.69 Å². The standard InChI is InChI=1S/C14H21FN2O/c1-3-4-5-10-14(2,13(16)18)17-12-8-6-11(15)7-9-12/h6-9,17H,3-5,10H2,1-2H3,(H2,16,18). The predicted molar refractivity (Wildman–Crippen MR) is 71.8 cm³/mol. The number of anilines is 1. The molecule has 0 aliphatic carbocycles.